The van der Waals surface area contributed by atoms with Crippen LogP contribution in [0, 0.1) is 0 Å². The average Bonchev–Trinajstić information content (AvgIpc) is 2.93. The molecular weight excluding hydrogens is 278 g/mol. The van der Waals surface area contributed by atoms with Gasteiger partial charge in [0.05, 0.1) is 11.6 Å². The van der Waals surface area contributed by atoms with E-state index in [-0.39, 0.29) is 5.91 Å². The van der Waals surface area contributed by atoms with E-state index in [9.17, 15) is 4.79 Å². The van der Waals surface area contributed by atoms with Crippen LogP contribution in [0.15, 0.2) is 0 Å². The quantitative estimate of drug-likeness (QED) is 0.787. The molecule has 2 rings (SSSR count). The van der Waals surface area contributed by atoms with Crippen LogP contribution < -0.4 is 0 Å². The summed E-state index contributed by atoms with van der Waals surface area (Å²) >= 11 is 5.98. The summed E-state index contributed by atoms with van der Waals surface area (Å²) in [6.07, 6.45) is 1.25. The van der Waals surface area contributed by atoms with Gasteiger partial charge in [-0.1, -0.05) is 6.92 Å². The normalized spacial score (nSPS) is 11.2. The highest BCUT2D eigenvalue weighted by Crippen LogP contribution is 2.21. The summed E-state index contributed by atoms with van der Waals surface area (Å²) in [6.45, 7) is 2.62. The zero-order valence-electron chi connectivity index (χ0n) is 12.4. The van der Waals surface area contributed by atoms with E-state index in [1.165, 1.54) is 0 Å². The third-order valence-corrected chi connectivity index (χ3v) is 3.61. The van der Waals surface area contributed by atoms with Gasteiger partial charge in [-0.2, -0.15) is 5.10 Å². The van der Waals surface area contributed by atoms with Crippen LogP contribution in [0.4, 0.5) is 0 Å². The number of carbonyl (C=O) groups excluding carboxylic acids is 1. The number of nitrogens with zero attached hydrogens (tertiary/aromatic N) is 5. The van der Waals surface area contributed by atoms with Crippen molar-refractivity contribution in [1.29, 1.82) is 0 Å². The Morgan fingerprint density at radius 2 is 2.10 bits per heavy atom. The van der Waals surface area contributed by atoms with Crippen LogP contribution in [-0.2, 0) is 30.7 Å². The van der Waals surface area contributed by atoms with E-state index < -0.39 is 0 Å². The van der Waals surface area contributed by atoms with Crippen molar-refractivity contribution in [2.75, 3.05) is 14.1 Å². The molecule has 6 nitrogen and oxygen atoms in total. The maximum absolute atomic E-state index is 11.8. The van der Waals surface area contributed by atoms with Gasteiger partial charge in [0.25, 0.3) is 0 Å². The van der Waals surface area contributed by atoms with E-state index >= 15 is 0 Å². The van der Waals surface area contributed by atoms with Gasteiger partial charge in [0.2, 0.25) is 5.91 Å². The zero-order valence-corrected chi connectivity index (χ0v) is 13.1. The van der Waals surface area contributed by atoms with Crippen LogP contribution in [0.2, 0.25) is 0 Å². The fourth-order valence-corrected chi connectivity index (χ4v) is 2.50. The Kier molecular flexibility index (Phi) is 4.32. The molecule has 20 heavy (non-hydrogen) atoms. The second kappa shape index (κ2) is 5.83. The molecule has 1 amide bonds. The van der Waals surface area contributed by atoms with Crippen molar-refractivity contribution >= 4 is 28.7 Å². The standard InChI is InChI=1S/C13H20ClN5O/c1-5-9-12-13(18(4)16-9)19(10(8-14)15-12)7-6-11(20)17(2)3/h5-8H2,1-4H3. The molecule has 0 unspecified atom stereocenters. The number of aryl methyl sites for hydroxylation is 3. The highest BCUT2D eigenvalue weighted by Gasteiger charge is 2.18. The van der Waals surface area contributed by atoms with E-state index in [4.69, 9.17) is 11.6 Å². The molecule has 2 aromatic heterocycles. The van der Waals surface area contributed by atoms with Gasteiger partial charge in [0.1, 0.15) is 11.3 Å². The number of halogens is 1. The number of imidazole rings is 1. The maximum Gasteiger partial charge on any atom is 0.223 e. The fraction of sp³-hybridized carbons (Fsp3) is 0.615. The van der Waals surface area contributed by atoms with Gasteiger partial charge in [0, 0.05) is 34.1 Å². The lowest BCUT2D eigenvalue weighted by atomic mass is 10.3. The third-order valence-electron chi connectivity index (χ3n) is 3.37. The second-order valence-corrected chi connectivity index (χ2v) is 5.21. The number of fused-ring (bicyclic) bond motifs is 1. The predicted molar refractivity (Wildman–Crippen MR) is 78.7 cm³/mol. The van der Waals surface area contributed by atoms with Crippen molar-refractivity contribution in [2.24, 2.45) is 7.05 Å². The van der Waals surface area contributed by atoms with Gasteiger partial charge in [-0.15, -0.1) is 11.6 Å². The van der Waals surface area contributed by atoms with Gasteiger partial charge in [-0.3, -0.25) is 9.48 Å². The molecule has 0 saturated carbocycles. The molecule has 0 atom stereocenters. The first-order chi connectivity index (χ1) is 9.49. The van der Waals surface area contributed by atoms with E-state index in [0.29, 0.717) is 18.8 Å². The monoisotopic (exact) mass is 297 g/mol. The smallest absolute Gasteiger partial charge is 0.223 e. The van der Waals surface area contributed by atoms with Crippen LogP contribution >= 0.6 is 11.6 Å². The second-order valence-electron chi connectivity index (χ2n) is 4.95. The van der Waals surface area contributed by atoms with E-state index in [1.54, 1.807) is 19.0 Å². The Morgan fingerprint density at radius 1 is 1.40 bits per heavy atom. The molecule has 0 bridgehead atoms. The third kappa shape index (κ3) is 2.52. The number of aromatic nitrogens is 4. The van der Waals surface area contributed by atoms with E-state index in [2.05, 4.69) is 17.0 Å². The summed E-state index contributed by atoms with van der Waals surface area (Å²) in [5, 5.41) is 4.46. The molecule has 110 valence electrons. The number of hydrogen-bond donors (Lipinski definition) is 0. The Labute approximate surface area is 123 Å². The molecule has 7 heteroatoms. The molecular formula is C13H20ClN5O. The SMILES string of the molecule is CCc1nn(C)c2c1nc(CCl)n2CCC(=O)N(C)C. The zero-order chi connectivity index (χ0) is 14.9. The lowest BCUT2D eigenvalue weighted by Crippen LogP contribution is -2.23. The van der Waals surface area contributed by atoms with Gasteiger partial charge in [-0.05, 0) is 6.42 Å². The summed E-state index contributed by atoms with van der Waals surface area (Å²) in [4.78, 5) is 17.9. The highest BCUT2D eigenvalue weighted by atomic mass is 35.5. The number of carbonyl (C=O) groups is 1. The summed E-state index contributed by atoms with van der Waals surface area (Å²) in [5.74, 6) is 1.20. The first kappa shape index (κ1) is 14.8. The first-order valence-corrected chi connectivity index (χ1v) is 7.20. The number of amides is 1. The fourth-order valence-electron chi connectivity index (χ4n) is 2.29. The predicted octanol–water partition coefficient (Wildman–Crippen LogP) is 1.55. The Bertz CT molecular complexity index is 628. The largest absolute Gasteiger partial charge is 0.349 e. The Balaban J connectivity index is 2.40. The number of alkyl halides is 1. The maximum atomic E-state index is 11.8. The molecule has 2 aromatic rings. The van der Waals surface area contributed by atoms with E-state index in [1.807, 2.05) is 16.3 Å². The summed E-state index contributed by atoms with van der Waals surface area (Å²) in [7, 11) is 5.41. The molecule has 0 fully saturated rings. The number of rotatable bonds is 5. The average molecular weight is 298 g/mol. The minimum Gasteiger partial charge on any atom is -0.349 e. The molecule has 0 N–H and O–H groups in total. The van der Waals surface area contributed by atoms with Crippen molar-refractivity contribution in [3.05, 3.63) is 11.5 Å². The van der Waals surface area contributed by atoms with Crippen LogP contribution in [0.3, 0.4) is 0 Å². The highest BCUT2D eigenvalue weighted by molar-refractivity contribution is 6.16. The molecule has 0 aliphatic rings. The van der Waals surface area contributed by atoms with Gasteiger partial charge in [0.15, 0.2) is 5.65 Å². The van der Waals surface area contributed by atoms with Gasteiger partial charge in [-0.25, -0.2) is 4.98 Å². The van der Waals surface area contributed by atoms with Crippen molar-refractivity contribution in [2.45, 2.75) is 32.2 Å². The molecule has 0 aliphatic carbocycles. The Hall–Kier alpha value is -1.56. The molecule has 0 spiro atoms. The summed E-state index contributed by atoms with van der Waals surface area (Å²) < 4.78 is 3.81. The van der Waals surface area contributed by atoms with Crippen LogP contribution in [-0.4, -0.2) is 44.2 Å². The van der Waals surface area contributed by atoms with Crippen molar-refractivity contribution in [1.82, 2.24) is 24.2 Å². The van der Waals surface area contributed by atoms with Crippen molar-refractivity contribution in [3.8, 4) is 0 Å². The van der Waals surface area contributed by atoms with Crippen molar-refractivity contribution < 1.29 is 4.79 Å². The molecule has 0 aromatic carbocycles. The lowest BCUT2D eigenvalue weighted by molar-refractivity contribution is -0.128. The summed E-state index contributed by atoms with van der Waals surface area (Å²) in [6, 6.07) is 0. The minimum absolute atomic E-state index is 0.0882. The minimum atomic E-state index is 0.0882. The summed E-state index contributed by atoms with van der Waals surface area (Å²) in [5.41, 5.74) is 2.79. The van der Waals surface area contributed by atoms with Crippen LogP contribution in [0.1, 0.15) is 24.9 Å². The van der Waals surface area contributed by atoms with Gasteiger partial charge < -0.3 is 9.47 Å². The first-order valence-electron chi connectivity index (χ1n) is 6.66. The van der Waals surface area contributed by atoms with Crippen molar-refractivity contribution in [3.63, 3.8) is 0 Å². The molecule has 0 saturated heterocycles. The van der Waals surface area contributed by atoms with Crippen LogP contribution in [0.5, 0.6) is 0 Å². The lowest BCUT2D eigenvalue weighted by Gasteiger charge is -2.12. The molecule has 0 radical (unpaired) electrons. The van der Waals surface area contributed by atoms with E-state index in [0.717, 1.165) is 29.1 Å². The number of hydrogen-bond acceptors (Lipinski definition) is 3. The molecule has 0 aliphatic heterocycles. The van der Waals surface area contributed by atoms with Crippen LogP contribution in [0.25, 0.3) is 11.2 Å². The topological polar surface area (TPSA) is 56.0 Å². The molecule has 2 heterocycles. The van der Waals surface area contributed by atoms with Gasteiger partial charge >= 0.3 is 0 Å². The Morgan fingerprint density at radius 3 is 2.65 bits per heavy atom.